The summed E-state index contributed by atoms with van der Waals surface area (Å²) in [6.45, 7) is 13.2. The number of carbonyl (C=O) groups excluding carboxylic acids is 1. The van der Waals surface area contributed by atoms with Crippen LogP contribution in [0.15, 0.2) is 29.3 Å². The molecule has 1 saturated heterocycles. The van der Waals surface area contributed by atoms with Crippen LogP contribution >= 0.6 is 11.3 Å². The predicted octanol–water partition coefficient (Wildman–Crippen LogP) is 4.95. The van der Waals surface area contributed by atoms with Crippen molar-refractivity contribution in [3.8, 4) is 5.00 Å². The minimum Gasteiger partial charge on any atom is -0.481 e. The highest BCUT2D eigenvalue weighted by Gasteiger charge is 2.32. The van der Waals surface area contributed by atoms with E-state index in [1.165, 1.54) is 4.88 Å². The Bertz CT molecular complexity index is 1480. The number of anilines is 1. The number of benzene rings is 1. The molecule has 3 aromatic rings. The summed E-state index contributed by atoms with van der Waals surface area (Å²) in [5, 5.41) is 19.2. The Labute approximate surface area is 244 Å². The summed E-state index contributed by atoms with van der Waals surface area (Å²) in [6, 6.07) is 7.66. The van der Waals surface area contributed by atoms with Crippen LogP contribution in [0.25, 0.3) is 5.00 Å². The third-order valence-corrected chi connectivity index (χ3v) is 8.60. The average Bonchev–Trinajstić information content (AvgIpc) is 3.39. The molecular weight excluding hydrogens is 542 g/mol. The Morgan fingerprint density at radius 3 is 2.39 bits per heavy atom. The highest BCUT2D eigenvalue weighted by Crippen LogP contribution is 2.39. The van der Waals surface area contributed by atoms with E-state index in [9.17, 15) is 14.7 Å². The molecule has 1 atom stereocenters. The van der Waals surface area contributed by atoms with E-state index in [4.69, 9.17) is 14.5 Å². The number of carbonyl (C=O) groups is 2. The SMILES string of the molecule is Cc1sc2c(c1C)C(c1ccc(N3CCC(OCC(=O)OC(C)(C)C)CC3)cc1)=N[C@@H](CC(=O)O)c1nnc(C)n1-2. The fourth-order valence-electron chi connectivity index (χ4n) is 5.36. The lowest BCUT2D eigenvalue weighted by Gasteiger charge is -2.33. The van der Waals surface area contributed by atoms with Crippen molar-refractivity contribution < 1.29 is 24.2 Å². The van der Waals surface area contributed by atoms with Crippen molar-refractivity contribution in [2.24, 2.45) is 4.99 Å². The van der Waals surface area contributed by atoms with E-state index in [0.29, 0.717) is 11.6 Å². The number of aliphatic carboxylic acids is 1. The Kier molecular flexibility index (Phi) is 8.02. The van der Waals surface area contributed by atoms with Crippen molar-refractivity contribution in [2.45, 2.75) is 78.6 Å². The maximum absolute atomic E-state index is 12.0. The molecule has 2 aromatic heterocycles. The second kappa shape index (κ2) is 11.4. The molecule has 1 fully saturated rings. The van der Waals surface area contributed by atoms with Gasteiger partial charge in [0, 0.05) is 34.8 Å². The number of aryl methyl sites for hydroxylation is 2. The lowest BCUT2D eigenvalue weighted by atomic mass is 9.99. The first-order valence-electron chi connectivity index (χ1n) is 13.9. The molecule has 2 aliphatic rings. The van der Waals surface area contributed by atoms with Crippen LogP contribution in [0.4, 0.5) is 5.69 Å². The first-order valence-corrected chi connectivity index (χ1v) is 14.7. The molecule has 11 heteroatoms. The van der Waals surface area contributed by atoms with Gasteiger partial charge in [-0.05, 0) is 72.1 Å². The number of ether oxygens (including phenoxy) is 2. The predicted molar refractivity (Wildman–Crippen MR) is 158 cm³/mol. The fraction of sp³-hybridized carbons (Fsp3) is 0.500. The van der Waals surface area contributed by atoms with Crippen molar-refractivity contribution in [2.75, 3.05) is 24.6 Å². The van der Waals surface area contributed by atoms with E-state index in [-0.39, 0.29) is 25.1 Å². The van der Waals surface area contributed by atoms with Crippen LogP contribution in [0.2, 0.25) is 0 Å². The highest BCUT2D eigenvalue weighted by molar-refractivity contribution is 7.15. The lowest BCUT2D eigenvalue weighted by Crippen LogP contribution is -2.38. The summed E-state index contributed by atoms with van der Waals surface area (Å²) in [5.74, 6) is -0.00655. The molecule has 0 spiro atoms. The smallest absolute Gasteiger partial charge is 0.332 e. The molecule has 1 N–H and O–H groups in total. The second-order valence-electron chi connectivity index (χ2n) is 11.6. The largest absolute Gasteiger partial charge is 0.481 e. The van der Waals surface area contributed by atoms with Gasteiger partial charge in [-0.25, -0.2) is 4.79 Å². The van der Waals surface area contributed by atoms with E-state index in [0.717, 1.165) is 59.0 Å². The number of carboxylic acid groups (broad SMARTS) is 1. The number of thiophene rings is 1. The van der Waals surface area contributed by atoms with Gasteiger partial charge in [0.25, 0.3) is 0 Å². The second-order valence-corrected chi connectivity index (χ2v) is 12.8. The quantitative estimate of drug-likeness (QED) is 0.391. The van der Waals surface area contributed by atoms with E-state index in [2.05, 4.69) is 53.2 Å². The van der Waals surface area contributed by atoms with Crippen LogP contribution in [-0.2, 0) is 19.1 Å². The minimum atomic E-state index is -0.933. The van der Waals surface area contributed by atoms with E-state index in [1.807, 2.05) is 32.3 Å². The topological polar surface area (TPSA) is 119 Å². The summed E-state index contributed by atoms with van der Waals surface area (Å²) >= 11 is 1.65. The van der Waals surface area contributed by atoms with E-state index < -0.39 is 17.6 Å². The zero-order valence-electron chi connectivity index (χ0n) is 24.4. The number of hydrogen-bond acceptors (Lipinski definition) is 9. The van der Waals surface area contributed by atoms with Crippen LogP contribution in [0, 0.1) is 20.8 Å². The van der Waals surface area contributed by atoms with Crippen LogP contribution in [0.1, 0.15) is 79.3 Å². The Balaban J connectivity index is 1.35. The Hall–Kier alpha value is -3.57. The van der Waals surface area contributed by atoms with Crippen molar-refractivity contribution in [3.05, 3.63) is 57.5 Å². The van der Waals surface area contributed by atoms with Crippen molar-refractivity contribution >= 4 is 34.7 Å². The molecule has 0 saturated carbocycles. The van der Waals surface area contributed by atoms with E-state index in [1.54, 1.807) is 11.3 Å². The molecule has 0 radical (unpaired) electrons. The number of aromatic nitrogens is 3. The zero-order chi connectivity index (χ0) is 29.5. The molecule has 4 heterocycles. The number of nitrogens with zero attached hydrogens (tertiary/aromatic N) is 5. The molecule has 0 aliphatic carbocycles. The molecular formula is C30H37N5O5S. The van der Waals surface area contributed by atoms with Gasteiger partial charge >= 0.3 is 11.9 Å². The normalized spacial score (nSPS) is 17.5. The Morgan fingerprint density at radius 2 is 1.76 bits per heavy atom. The summed E-state index contributed by atoms with van der Waals surface area (Å²) in [5.41, 5.74) is 4.41. The van der Waals surface area contributed by atoms with Crippen molar-refractivity contribution in [1.82, 2.24) is 14.8 Å². The van der Waals surface area contributed by atoms with Crippen LogP contribution in [0.5, 0.6) is 0 Å². The maximum atomic E-state index is 12.0. The number of esters is 1. The molecule has 0 amide bonds. The Morgan fingerprint density at radius 1 is 1.07 bits per heavy atom. The van der Waals surface area contributed by atoms with Crippen molar-refractivity contribution in [3.63, 3.8) is 0 Å². The zero-order valence-corrected chi connectivity index (χ0v) is 25.2. The van der Waals surface area contributed by atoms with Gasteiger partial charge in [0.1, 0.15) is 29.1 Å². The lowest BCUT2D eigenvalue weighted by molar-refractivity contribution is -0.162. The van der Waals surface area contributed by atoms with Gasteiger partial charge in [0.2, 0.25) is 0 Å². The summed E-state index contributed by atoms with van der Waals surface area (Å²) in [7, 11) is 0. The summed E-state index contributed by atoms with van der Waals surface area (Å²) in [4.78, 5) is 32.3. The third kappa shape index (κ3) is 6.20. The summed E-state index contributed by atoms with van der Waals surface area (Å²) in [6.07, 6.45) is 1.50. The molecule has 10 nitrogen and oxygen atoms in total. The van der Waals surface area contributed by atoms with Gasteiger partial charge < -0.3 is 19.5 Å². The minimum absolute atomic E-state index is 0.0251. The van der Waals surface area contributed by atoms with Gasteiger partial charge in [-0.15, -0.1) is 21.5 Å². The number of fused-ring (bicyclic) bond motifs is 3. The monoisotopic (exact) mass is 579 g/mol. The molecule has 218 valence electrons. The maximum Gasteiger partial charge on any atom is 0.332 e. The van der Waals surface area contributed by atoms with Crippen LogP contribution < -0.4 is 4.90 Å². The molecule has 2 aliphatic heterocycles. The first-order chi connectivity index (χ1) is 19.4. The fourth-order valence-corrected chi connectivity index (χ4v) is 6.57. The number of aliphatic imine (C=N–C) groups is 1. The number of carboxylic acids is 1. The van der Waals surface area contributed by atoms with Crippen LogP contribution in [-0.4, -0.2) is 68.9 Å². The molecule has 0 unspecified atom stereocenters. The number of rotatable bonds is 7. The first kappa shape index (κ1) is 28.9. The van der Waals surface area contributed by atoms with Gasteiger partial charge in [-0.3, -0.25) is 14.4 Å². The molecule has 1 aromatic carbocycles. The summed E-state index contributed by atoms with van der Waals surface area (Å²) < 4.78 is 13.1. The number of hydrogen-bond donors (Lipinski definition) is 1. The standard InChI is InChI=1S/C30H37N5O5S/c1-17-18(2)41-29-26(17)27(31-23(15-24(36)37)28-33-32-19(3)35(28)29)20-7-9-21(10-8-20)34-13-11-22(12-14-34)39-16-25(38)40-30(4,5)6/h7-10,22-23H,11-16H2,1-6H3,(H,36,37)/t23-/m0/s1. The molecule has 0 bridgehead atoms. The molecule has 5 rings (SSSR count). The highest BCUT2D eigenvalue weighted by atomic mass is 32.1. The number of piperidine rings is 1. The average molecular weight is 580 g/mol. The third-order valence-electron chi connectivity index (χ3n) is 7.41. The van der Waals surface area contributed by atoms with Crippen molar-refractivity contribution in [1.29, 1.82) is 0 Å². The molecule has 41 heavy (non-hydrogen) atoms. The van der Waals surface area contributed by atoms with Gasteiger partial charge in [-0.2, -0.15) is 0 Å². The van der Waals surface area contributed by atoms with E-state index >= 15 is 0 Å². The van der Waals surface area contributed by atoms with Crippen LogP contribution in [0.3, 0.4) is 0 Å². The van der Waals surface area contributed by atoms with Gasteiger partial charge in [0.15, 0.2) is 5.82 Å². The van der Waals surface area contributed by atoms with Gasteiger partial charge in [-0.1, -0.05) is 12.1 Å². The van der Waals surface area contributed by atoms with Gasteiger partial charge in [0.05, 0.1) is 18.2 Å².